The summed E-state index contributed by atoms with van der Waals surface area (Å²) in [6.07, 6.45) is 0. The van der Waals surface area contributed by atoms with Crippen molar-refractivity contribution in [1.29, 1.82) is 0 Å². The minimum Gasteiger partial charge on any atom is -0.478 e. The average molecular weight is 226 g/mol. The summed E-state index contributed by atoms with van der Waals surface area (Å²) in [7, 11) is 0. The van der Waals surface area contributed by atoms with Crippen molar-refractivity contribution in [1.82, 2.24) is 0 Å². The number of benzene rings is 1. The van der Waals surface area contributed by atoms with Crippen molar-refractivity contribution >= 4 is 23.3 Å². The van der Waals surface area contributed by atoms with E-state index in [-0.39, 0.29) is 12.1 Å². The summed E-state index contributed by atoms with van der Waals surface area (Å²) < 4.78 is 0. The zero-order chi connectivity index (χ0) is 11.4. The Labute approximate surface area is 93.4 Å². The molecule has 0 saturated heterocycles. The molecule has 1 aromatic carbocycles. The van der Waals surface area contributed by atoms with E-state index in [0.29, 0.717) is 5.02 Å². The molecule has 0 aromatic heterocycles. The summed E-state index contributed by atoms with van der Waals surface area (Å²) in [5.74, 6) is -1.01. The van der Waals surface area contributed by atoms with Crippen LogP contribution in [0, 0.1) is 6.92 Å². The van der Waals surface area contributed by atoms with Gasteiger partial charge < -0.3 is 10.4 Å². The van der Waals surface area contributed by atoms with Gasteiger partial charge in [0.1, 0.15) is 0 Å². The van der Waals surface area contributed by atoms with Gasteiger partial charge in [-0.1, -0.05) is 30.3 Å². The maximum absolute atomic E-state index is 10.5. The summed E-state index contributed by atoms with van der Waals surface area (Å²) in [6, 6.07) is 5.49. The molecule has 0 aliphatic heterocycles. The van der Waals surface area contributed by atoms with E-state index in [1.807, 2.05) is 19.1 Å². The summed E-state index contributed by atoms with van der Waals surface area (Å²) in [6.45, 7) is 5.50. The highest BCUT2D eigenvalue weighted by atomic mass is 35.5. The van der Waals surface area contributed by atoms with Crippen LogP contribution in [0.5, 0.6) is 0 Å². The van der Waals surface area contributed by atoms with Gasteiger partial charge in [-0.05, 0) is 18.6 Å². The fourth-order valence-corrected chi connectivity index (χ4v) is 1.42. The van der Waals surface area contributed by atoms with Crippen molar-refractivity contribution in [2.24, 2.45) is 0 Å². The minimum absolute atomic E-state index is 0.106. The molecule has 80 valence electrons. The van der Waals surface area contributed by atoms with Crippen LogP contribution >= 0.6 is 11.6 Å². The largest absolute Gasteiger partial charge is 0.478 e. The lowest BCUT2D eigenvalue weighted by Gasteiger charge is -2.10. The molecule has 2 N–H and O–H groups in total. The number of carboxylic acids is 1. The van der Waals surface area contributed by atoms with Crippen molar-refractivity contribution in [2.75, 3.05) is 11.9 Å². The van der Waals surface area contributed by atoms with Crippen LogP contribution in [-0.2, 0) is 4.79 Å². The van der Waals surface area contributed by atoms with Crippen LogP contribution in [0.25, 0.3) is 0 Å². The van der Waals surface area contributed by atoms with Gasteiger partial charge in [0.15, 0.2) is 0 Å². The third-order valence-electron chi connectivity index (χ3n) is 2.00. The van der Waals surface area contributed by atoms with E-state index >= 15 is 0 Å². The fourth-order valence-electron chi connectivity index (χ4n) is 1.13. The van der Waals surface area contributed by atoms with E-state index in [9.17, 15) is 4.79 Å². The number of aryl methyl sites for hydroxylation is 1. The molecule has 0 aliphatic rings. The molecular weight excluding hydrogens is 214 g/mol. The smallest absolute Gasteiger partial charge is 0.332 e. The SMILES string of the molecule is C=C(CNc1c(C)cccc1Cl)C(=O)O. The van der Waals surface area contributed by atoms with E-state index < -0.39 is 5.97 Å². The number of aliphatic carboxylic acids is 1. The molecule has 0 atom stereocenters. The van der Waals surface area contributed by atoms with Gasteiger partial charge in [0.25, 0.3) is 0 Å². The molecule has 0 saturated carbocycles. The molecule has 0 bridgehead atoms. The molecule has 0 amide bonds. The normalized spacial score (nSPS) is 9.73. The Kier molecular flexibility index (Phi) is 3.74. The van der Waals surface area contributed by atoms with Gasteiger partial charge >= 0.3 is 5.97 Å². The number of halogens is 1. The van der Waals surface area contributed by atoms with Gasteiger partial charge in [-0.15, -0.1) is 0 Å². The lowest BCUT2D eigenvalue weighted by molar-refractivity contribution is -0.132. The Balaban J connectivity index is 2.73. The molecule has 0 heterocycles. The number of nitrogens with one attached hydrogen (secondary N) is 1. The number of para-hydroxylation sites is 1. The molecule has 4 heteroatoms. The number of hydrogen-bond donors (Lipinski definition) is 2. The zero-order valence-corrected chi connectivity index (χ0v) is 9.14. The highest BCUT2D eigenvalue weighted by Crippen LogP contribution is 2.25. The van der Waals surface area contributed by atoms with E-state index in [1.165, 1.54) is 0 Å². The van der Waals surface area contributed by atoms with Crippen molar-refractivity contribution in [2.45, 2.75) is 6.92 Å². The Morgan fingerprint density at radius 2 is 2.27 bits per heavy atom. The van der Waals surface area contributed by atoms with E-state index in [2.05, 4.69) is 11.9 Å². The minimum atomic E-state index is -1.01. The van der Waals surface area contributed by atoms with Crippen LogP contribution in [0.2, 0.25) is 5.02 Å². The van der Waals surface area contributed by atoms with Gasteiger partial charge in [-0.25, -0.2) is 4.79 Å². The first-order chi connectivity index (χ1) is 7.02. The predicted molar refractivity (Wildman–Crippen MR) is 61.5 cm³/mol. The van der Waals surface area contributed by atoms with Gasteiger partial charge in [0, 0.05) is 12.1 Å². The number of rotatable bonds is 4. The molecule has 1 rings (SSSR count). The topological polar surface area (TPSA) is 49.3 Å². The summed E-state index contributed by atoms with van der Waals surface area (Å²) >= 11 is 5.95. The van der Waals surface area contributed by atoms with E-state index in [4.69, 9.17) is 16.7 Å². The first-order valence-electron chi connectivity index (χ1n) is 4.42. The third-order valence-corrected chi connectivity index (χ3v) is 2.32. The van der Waals surface area contributed by atoms with Gasteiger partial charge in [0.2, 0.25) is 0 Å². The molecule has 0 spiro atoms. The molecule has 3 nitrogen and oxygen atoms in total. The van der Waals surface area contributed by atoms with Crippen molar-refractivity contribution < 1.29 is 9.90 Å². The van der Waals surface area contributed by atoms with E-state index in [1.54, 1.807) is 6.07 Å². The third kappa shape index (κ3) is 2.99. The van der Waals surface area contributed by atoms with Crippen molar-refractivity contribution in [3.8, 4) is 0 Å². The van der Waals surface area contributed by atoms with Crippen molar-refractivity contribution in [3.05, 3.63) is 40.9 Å². The highest BCUT2D eigenvalue weighted by molar-refractivity contribution is 6.33. The molecule has 0 unspecified atom stereocenters. The van der Waals surface area contributed by atoms with Crippen LogP contribution in [0.15, 0.2) is 30.4 Å². The van der Waals surface area contributed by atoms with Crippen LogP contribution in [0.3, 0.4) is 0 Å². The Bertz CT molecular complexity index is 381. The molecular formula is C11H12ClNO2. The summed E-state index contributed by atoms with van der Waals surface area (Å²) in [5.41, 5.74) is 1.83. The second-order valence-corrected chi connectivity index (χ2v) is 3.60. The number of anilines is 1. The maximum atomic E-state index is 10.5. The molecule has 0 fully saturated rings. The van der Waals surface area contributed by atoms with E-state index in [0.717, 1.165) is 11.3 Å². The van der Waals surface area contributed by atoms with Crippen LogP contribution in [-0.4, -0.2) is 17.6 Å². The molecule has 0 aliphatic carbocycles. The summed E-state index contributed by atoms with van der Waals surface area (Å²) in [5, 5.41) is 12.2. The first-order valence-corrected chi connectivity index (χ1v) is 4.80. The van der Waals surface area contributed by atoms with Gasteiger partial charge in [-0.2, -0.15) is 0 Å². The number of carbonyl (C=O) groups is 1. The second kappa shape index (κ2) is 4.84. The quantitative estimate of drug-likeness (QED) is 0.775. The zero-order valence-electron chi connectivity index (χ0n) is 8.38. The fraction of sp³-hybridized carbons (Fsp3) is 0.182. The van der Waals surface area contributed by atoms with Crippen molar-refractivity contribution in [3.63, 3.8) is 0 Å². The maximum Gasteiger partial charge on any atom is 0.332 e. The second-order valence-electron chi connectivity index (χ2n) is 3.19. The number of carboxylic acid groups (broad SMARTS) is 1. The van der Waals surface area contributed by atoms with Gasteiger partial charge in [0.05, 0.1) is 10.7 Å². The first kappa shape index (κ1) is 11.6. The lowest BCUT2D eigenvalue weighted by Crippen LogP contribution is -2.12. The van der Waals surface area contributed by atoms with Gasteiger partial charge in [-0.3, -0.25) is 0 Å². The van der Waals surface area contributed by atoms with Crippen LogP contribution < -0.4 is 5.32 Å². The number of hydrogen-bond acceptors (Lipinski definition) is 2. The molecule has 0 radical (unpaired) electrons. The highest BCUT2D eigenvalue weighted by Gasteiger charge is 2.06. The molecule has 1 aromatic rings. The summed E-state index contributed by atoms with van der Waals surface area (Å²) in [4.78, 5) is 10.5. The monoisotopic (exact) mass is 225 g/mol. The Morgan fingerprint density at radius 3 is 2.80 bits per heavy atom. The average Bonchev–Trinajstić information content (AvgIpc) is 2.16. The van der Waals surface area contributed by atoms with Crippen LogP contribution in [0.1, 0.15) is 5.56 Å². The molecule has 15 heavy (non-hydrogen) atoms. The van der Waals surface area contributed by atoms with Crippen LogP contribution in [0.4, 0.5) is 5.69 Å². The Morgan fingerprint density at radius 1 is 1.60 bits per heavy atom. The predicted octanol–water partition coefficient (Wildman–Crippen LogP) is 2.70. The Hall–Kier alpha value is -1.48. The standard InChI is InChI=1S/C11H12ClNO2/c1-7-4-3-5-9(12)10(7)13-6-8(2)11(14)15/h3-5,13H,2,6H2,1H3,(H,14,15). The lowest BCUT2D eigenvalue weighted by atomic mass is 10.2.